The highest BCUT2D eigenvalue weighted by atomic mass is 32.2. The van der Waals surface area contributed by atoms with E-state index in [4.69, 9.17) is 4.74 Å². The van der Waals surface area contributed by atoms with Crippen molar-refractivity contribution in [3.63, 3.8) is 0 Å². The van der Waals surface area contributed by atoms with E-state index < -0.39 is 33.8 Å². The first-order valence-electron chi connectivity index (χ1n) is 8.21. The monoisotopic (exact) mass is 406 g/mol. The Bertz CT molecular complexity index is 957. The summed E-state index contributed by atoms with van der Waals surface area (Å²) in [5.74, 6) is -1.73. The Labute approximate surface area is 162 Å². The first-order valence-corrected chi connectivity index (χ1v) is 9.69. The average Bonchev–Trinajstić information content (AvgIpc) is 2.67. The van der Waals surface area contributed by atoms with E-state index in [1.165, 1.54) is 49.4 Å². The largest absolute Gasteiger partial charge is 0.449 e. The zero-order valence-corrected chi connectivity index (χ0v) is 15.8. The van der Waals surface area contributed by atoms with E-state index >= 15 is 0 Å². The highest BCUT2D eigenvalue weighted by Crippen LogP contribution is 2.17. The zero-order chi connectivity index (χ0) is 20.7. The van der Waals surface area contributed by atoms with E-state index in [1.807, 2.05) is 0 Å². The Hall–Kier alpha value is -3.20. The van der Waals surface area contributed by atoms with Crippen molar-refractivity contribution in [2.24, 2.45) is 0 Å². The lowest BCUT2D eigenvalue weighted by Crippen LogP contribution is -2.35. The van der Waals surface area contributed by atoms with Crippen LogP contribution in [0.3, 0.4) is 0 Å². The predicted molar refractivity (Wildman–Crippen MR) is 102 cm³/mol. The molecule has 9 heteroatoms. The Morgan fingerprint density at radius 3 is 2.32 bits per heavy atom. The fraction of sp³-hybridized carbons (Fsp3) is 0.158. The van der Waals surface area contributed by atoms with Crippen molar-refractivity contribution < 1.29 is 27.1 Å². The van der Waals surface area contributed by atoms with Crippen LogP contribution in [0.25, 0.3) is 0 Å². The molecule has 0 aromatic heterocycles. The predicted octanol–water partition coefficient (Wildman–Crippen LogP) is 2.47. The van der Waals surface area contributed by atoms with Gasteiger partial charge in [0.25, 0.3) is 15.9 Å². The van der Waals surface area contributed by atoms with Crippen LogP contribution in [0.1, 0.15) is 17.3 Å². The van der Waals surface area contributed by atoms with Crippen molar-refractivity contribution in [3.05, 3.63) is 72.6 Å². The number of hydrogen-bond acceptors (Lipinski definition) is 5. The van der Waals surface area contributed by atoms with E-state index in [0.29, 0.717) is 0 Å². The van der Waals surface area contributed by atoms with Crippen LogP contribution in [0.5, 0.6) is 0 Å². The van der Waals surface area contributed by atoms with Gasteiger partial charge >= 0.3 is 5.97 Å². The van der Waals surface area contributed by atoms with Gasteiger partial charge in [0.15, 0.2) is 6.10 Å². The second-order valence-corrected chi connectivity index (χ2v) is 7.40. The summed E-state index contributed by atoms with van der Waals surface area (Å²) >= 11 is 0. The molecular weight excluding hydrogens is 387 g/mol. The molecule has 0 spiro atoms. The molecule has 0 fully saturated rings. The van der Waals surface area contributed by atoms with Gasteiger partial charge in [0.05, 0.1) is 10.5 Å². The van der Waals surface area contributed by atoms with Crippen molar-refractivity contribution in [1.29, 1.82) is 0 Å². The standard InChI is InChI=1S/C19H19FN2O5S/c1-3-12-21-18(23)13(2)27-19(24)14-4-10-17(11-5-14)28(25,26)22-16-8-6-15(20)7-9-16/h3-11,13,22H,1,12H2,2H3,(H,21,23)/t13-/m1/s1. The number of hydrogen-bond donors (Lipinski definition) is 2. The fourth-order valence-electron chi connectivity index (χ4n) is 2.10. The maximum absolute atomic E-state index is 12.9. The van der Waals surface area contributed by atoms with E-state index in [0.717, 1.165) is 12.1 Å². The molecule has 2 aromatic rings. The molecule has 2 aromatic carbocycles. The minimum Gasteiger partial charge on any atom is -0.449 e. The number of halogens is 1. The molecule has 0 unspecified atom stereocenters. The Balaban J connectivity index is 2.05. The van der Waals surface area contributed by atoms with Gasteiger partial charge in [-0.05, 0) is 55.5 Å². The molecule has 1 amide bonds. The summed E-state index contributed by atoms with van der Waals surface area (Å²) in [6, 6.07) is 9.84. The lowest BCUT2D eigenvalue weighted by atomic mass is 10.2. The first kappa shape index (κ1) is 21.1. The number of esters is 1. The lowest BCUT2D eigenvalue weighted by molar-refractivity contribution is -0.128. The minimum absolute atomic E-state index is 0.0871. The van der Waals surface area contributed by atoms with E-state index in [2.05, 4.69) is 16.6 Å². The van der Waals surface area contributed by atoms with Gasteiger partial charge in [0, 0.05) is 12.2 Å². The summed E-state index contributed by atoms with van der Waals surface area (Å²) in [5, 5.41) is 2.50. The van der Waals surface area contributed by atoms with Crippen molar-refractivity contribution >= 4 is 27.6 Å². The van der Waals surface area contributed by atoms with Gasteiger partial charge in [-0.3, -0.25) is 9.52 Å². The third-order valence-electron chi connectivity index (χ3n) is 3.57. The smallest absolute Gasteiger partial charge is 0.338 e. The second-order valence-electron chi connectivity index (χ2n) is 5.72. The number of anilines is 1. The third kappa shape index (κ3) is 5.65. The van der Waals surface area contributed by atoms with Gasteiger partial charge in [-0.2, -0.15) is 0 Å². The lowest BCUT2D eigenvalue weighted by Gasteiger charge is -2.13. The summed E-state index contributed by atoms with van der Waals surface area (Å²) in [7, 11) is -3.91. The highest BCUT2D eigenvalue weighted by molar-refractivity contribution is 7.92. The Morgan fingerprint density at radius 1 is 1.14 bits per heavy atom. The molecule has 0 saturated carbocycles. The molecule has 0 radical (unpaired) electrons. The molecule has 0 saturated heterocycles. The molecule has 0 aliphatic rings. The van der Waals surface area contributed by atoms with Gasteiger partial charge in [-0.1, -0.05) is 6.08 Å². The van der Waals surface area contributed by atoms with Gasteiger partial charge in [-0.25, -0.2) is 17.6 Å². The maximum atomic E-state index is 12.9. The number of amides is 1. The summed E-state index contributed by atoms with van der Waals surface area (Å²) in [4.78, 5) is 23.7. The quantitative estimate of drug-likeness (QED) is 0.518. The van der Waals surface area contributed by atoms with Gasteiger partial charge in [0.1, 0.15) is 5.82 Å². The van der Waals surface area contributed by atoms with Crippen LogP contribution >= 0.6 is 0 Å². The summed E-state index contributed by atoms with van der Waals surface area (Å²) in [6.07, 6.45) is 0.474. The third-order valence-corrected chi connectivity index (χ3v) is 4.97. The number of nitrogens with one attached hydrogen (secondary N) is 2. The van der Waals surface area contributed by atoms with E-state index in [1.54, 1.807) is 0 Å². The maximum Gasteiger partial charge on any atom is 0.338 e. The van der Waals surface area contributed by atoms with Gasteiger partial charge < -0.3 is 10.1 Å². The van der Waals surface area contributed by atoms with Crippen molar-refractivity contribution in [2.45, 2.75) is 17.9 Å². The molecule has 2 rings (SSSR count). The molecule has 7 nitrogen and oxygen atoms in total. The summed E-state index contributed by atoms with van der Waals surface area (Å²) in [6.45, 7) is 5.13. The highest BCUT2D eigenvalue weighted by Gasteiger charge is 2.20. The van der Waals surface area contributed by atoms with Crippen molar-refractivity contribution in [2.75, 3.05) is 11.3 Å². The molecule has 0 aliphatic carbocycles. The minimum atomic E-state index is -3.91. The molecule has 1 atom stereocenters. The number of benzene rings is 2. The van der Waals surface area contributed by atoms with Crippen LogP contribution in [-0.2, 0) is 19.6 Å². The number of carbonyl (C=O) groups is 2. The SMILES string of the molecule is C=CCNC(=O)[C@@H](C)OC(=O)c1ccc(S(=O)(=O)Nc2ccc(F)cc2)cc1. The summed E-state index contributed by atoms with van der Waals surface area (Å²) < 4.78 is 45.0. The van der Waals surface area contributed by atoms with Crippen LogP contribution in [0.4, 0.5) is 10.1 Å². The second kappa shape index (κ2) is 9.14. The molecule has 2 N–H and O–H groups in total. The van der Waals surface area contributed by atoms with Crippen LogP contribution < -0.4 is 10.0 Å². The number of sulfonamides is 1. The number of carbonyl (C=O) groups excluding carboxylic acids is 2. The van der Waals surface area contributed by atoms with E-state index in [-0.39, 0.29) is 22.7 Å². The normalized spacial score (nSPS) is 11.9. The van der Waals surface area contributed by atoms with Crippen LogP contribution in [0, 0.1) is 5.82 Å². The molecule has 28 heavy (non-hydrogen) atoms. The fourth-order valence-corrected chi connectivity index (χ4v) is 3.16. The van der Waals surface area contributed by atoms with Crippen molar-refractivity contribution in [1.82, 2.24) is 5.32 Å². The molecule has 0 heterocycles. The first-order chi connectivity index (χ1) is 13.2. The van der Waals surface area contributed by atoms with Crippen LogP contribution in [0.2, 0.25) is 0 Å². The summed E-state index contributed by atoms with van der Waals surface area (Å²) in [5.41, 5.74) is 0.286. The average molecular weight is 406 g/mol. The zero-order valence-electron chi connectivity index (χ0n) is 15.0. The molecular formula is C19H19FN2O5S. The topological polar surface area (TPSA) is 102 Å². The number of ether oxygens (including phenoxy) is 1. The Kier molecular flexibility index (Phi) is 6.89. The molecule has 148 valence electrons. The van der Waals surface area contributed by atoms with Gasteiger partial charge in [-0.15, -0.1) is 6.58 Å². The molecule has 0 aliphatic heterocycles. The molecule has 0 bridgehead atoms. The Morgan fingerprint density at radius 2 is 1.75 bits per heavy atom. The van der Waals surface area contributed by atoms with Crippen molar-refractivity contribution in [3.8, 4) is 0 Å². The van der Waals surface area contributed by atoms with Crippen LogP contribution in [0.15, 0.2) is 66.1 Å². The van der Waals surface area contributed by atoms with E-state index in [9.17, 15) is 22.4 Å². The van der Waals surface area contributed by atoms with Gasteiger partial charge in [0.2, 0.25) is 0 Å². The number of rotatable bonds is 8. The van der Waals surface area contributed by atoms with Crippen LogP contribution in [-0.4, -0.2) is 32.9 Å².